The molecule has 0 aliphatic rings. The highest BCUT2D eigenvalue weighted by Gasteiger charge is 2.04. The van der Waals surface area contributed by atoms with Crippen LogP contribution in [-0.2, 0) is 6.42 Å². The van der Waals surface area contributed by atoms with Crippen molar-refractivity contribution in [1.82, 2.24) is 4.98 Å². The predicted octanol–water partition coefficient (Wildman–Crippen LogP) is 2.39. The van der Waals surface area contributed by atoms with Gasteiger partial charge < -0.3 is 5.73 Å². The fourth-order valence-corrected chi connectivity index (χ4v) is 1.69. The maximum Gasteiger partial charge on any atom is 0.123 e. The van der Waals surface area contributed by atoms with Gasteiger partial charge in [-0.05, 0) is 47.9 Å². The molecule has 2 N–H and O–H groups in total. The van der Waals surface area contributed by atoms with E-state index in [4.69, 9.17) is 5.73 Å². The Kier molecular flexibility index (Phi) is 3.27. The number of nitrogens with two attached hydrogens (primary N) is 1. The average molecular weight is 216 g/mol. The first-order chi connectivity index (χ1) is 7.81. The van der Waals surface area contributed by atoms with Gasteiger partial charge in [-0.2, -0.15) is 0 Å². The van der Waals surface area contributed by atoms with Gasteiger partial charge in [0.05, 0.1) is 0 Å². The summed E-state index contributed by atoms with van der Waals surface area (Å²) in [5.41, 5.74) is 8.70. The number of hydrogen-bond donors (Lipinski definition) is 1. The zero-order valence-electron chi connectivity index (χ0n) is 8.86. The van der Waals surface area contributed by atoms with Crippen LogP contribution in [0.5, 0.6) is 0 Å². The van der Waals surface area contributed by atoms with Gasteiger partial charge in [0.1, 0.15) is 5.82 Å². The number of halogens is 1. The summed E-state index contributed by atoms with van der Waals surface area (Å²) in [6.45, 7) is 0.583. The molecular formula is C13H13FN2. The first-order valence-corrected chi connectivity index (χ1v) is 5.20. The summed E-state index contributed by atoms with van der Waals surface area (Å²) in [7, 11) is 0. The van der Waals surface area contributed by atoms with E-state index >= 15 is 0 Å². The van der Waals surface area contributed by atoms with Crippen molar-refractivity contribution < 1.29 is 4.39 Å². The molecule has 1 aromatic carbocycles. The molecule has 0 saturated heterocycles. The molecule has 0 spiro atoms. The van der Waals surface area contributed by atoms with Crippen LogP contribution in [0, 0.1) is 5.82 Å². The molecule has 2 nitrogen and oxygen atoms in total. The summed E-state index contributed by atoms with van der Waals surface area (Å²) in [4.78, 5) is 4.08. The third-order valence-corrected chi connectivity index (χ3v) is 2.47. The van der Waals surface area contributed by atoms with Gasteiger partial charge in [-0.15, -0.1) is 0 Å². The number of benzene rings is 1. The normalized spacial score (nSPS) is 10.4. The Morgan fingerprint density at radius 3 is 2.56 bits per heavy atom. The van der Waals surface area contributed by atoms with Gasteiger partial charge in [-0.3, -0.25) is 4.98 Å². The molecule has 2 aromatic rings. The van der Waals surface area contributed by atoms with E-state index in [1.54, 1.807) is 18.3 Å². The number of pyridine rings is 1. The predicted molar refractivity (Wildman–Crippen MR) is 62.4 cm³/mol. The van der Waals surface area contributed by atoms with Gasteiger partial charge in [0.25, 0.3) is 0 Å². The molecular weight excluding hydrogens is 203 g/mol. The van der Waals surface area contributed by atoms with Gasteiger partial charge in [0, 0.05) is 12.4 Å². The van der Waals surface area contributed by atoms with Gasteiger partial charge in [-0.25, -0.2) is 4.39 Å². The van der Waals surface area contributed by atoms with Crippen LogP contribution in [0.2, 0.25) is 0 Å². The zero-order chi connectivity index (χ0) is 11.4. The maximum absolute atomic E-state index is 12.8. The van der Waals surface area contributed by atoms with Crippen LogP contribution in [0.3, 0.4) is 0 Å². The van der Waals surface area contributed by atoms with Gasteiger partial charge in [-0.1, -0.05) is 12.1 Å². The molecule has 82 valence electrons. The topological polar surface area (TPSA) is 38.9 Å². The Balaban J connectivity index is 2.42. The Morgan fingerprint density at radius 2 is 1.88 bits per heavy atom. The van der Waals surface area contributed by atoms with Crippen LogP contribution in [0.4, 0.5) is 4.39 Å². The molecule has 0 amide bonds. The number of nitrogens with zero attached hydrogens (tertiary/aromatic N) is 1. The quantitative estimate of drug-likeness (QED) is 0.855. The minimum Gasteiger partial charge on any atom is -0.330 e. The number of hydrogen-bond acceptors (Lipinski definition) is 2. The van der Waals surface area contributed by atoms with Crippen molar-refractivity contribution in [2.45, 2.75) is 6.42 Å². The highest BCUT2D eigenvalue weighted by molar-refractivity contribution is 5.66. The highest BCUT2D eigenvalue weighted by Crippen LogP contribution is 2.23. The summed E-state index contributed by atoms with van der Waals surface area (Å²) < 4.78 is 12.8. The van der Waals surface area contributed by atoms with Crippen LogP contribution in [0.25, 0.3) is 11.1 Å². The minimum atomic E-state index is -0.224. The molecule has 0 saturated carbocycles. The van der Waals surface area contributed by atoms with Crippen molar-refractivity contribution in [2.24, 2.45) is 5.73 Å². The molecule has 1 heterocycles. The van der Waals surface area contributed by atoms with E-state index in [1.165, 1.54) is 12.1 Å². The largest absolute Gasteiger partial charge is 0.330 e. The first-order valence-electron chi connectivity index (χ1n) is 5.20. The lowest BCUT2D eigenvalue weighted by molar-refractivity contribution is 0.628. The van der Waals surface area contributed by atoms with E-state index < -0.39 is 0 Å². The third-order valence-electron chi connectivity index (χ3n) is 2.47. The molecule has 0 aliphatic heterocycles. The van der Waals surface area contributed by atoms with E-state index in [9.17, 15) is 4.39 Å². The molecule has 0 aliphatic carbocycles. The Morgan fingerprint density at radius 1 is 1.12 bits per heavy atom. The third kappa shape index (κ3) is 2.25. The molecule has 0 atom stereocenters. The lowest BCUT2D eigenvalue weighted by Gasteiger charge is -2.07. The lowest BCUT2D eigenvalue weighted by Crippen LogP contribution is -2.04. The molecule has 3 heteroatoms. The standard InChI is InChI=1S/C13H13FN2/c14-12-3-1-10(2-4-12)13-6-8-16-9-11(13)5-7-15/h1-4,6,8-9H,5,7,15H2. The maximum atomic E-state index is 12.8. The summed E-state index contributed by atoms with van der Waals surface area (Å²) in [5.74, 6) is -0.224. The van der Waals surface area contributed by atoms with Gasteiger partial charge >= 0.3 is 0 Å². The van der Waals surface area contributed by atoms with Gasteiger partial charge in [0.15, 0.2) is 0 Å². The molecule has 0 fully saturated rings. The number of aromatic nitrogens is 1. The fraction of sp³-hybridized carbons (Fsp3) is 0.154. The second kappa shape index (κ2) is 4.86. The van der Waals surface area contributed by atoms with Crippen LogP contribution < -0.4 is 5.73 Å². The summed E-state index contributed by atoms with van der Waals surface area (Å²) in [5, 5.41) is 0. The smallest absolute Gasteiger partial charge is 0.123 e. The summed E-state index contributed by atoms with van der Waals surface area (Å²) in [6, 6.07) is 8.39. The van der Waals surface area contributed by atoms with Crippen molar-refractivity contribution in [3.05, 3.63) is 54.1 Å². The SMILES string of the molecule is NCCc1cnccc1-c1ccc(F)cc1. The second-order valence-corrected chi connectivity index (χ2v) is 3.58. The van der Waals surface area contributed by atoms with Crippen molar-refractivity contribution in [3.8, 4) is 11.1 Å². The van der Waals surface area contributed by atoms with E-state index in [1.807, 2.05) is 12.3 Å². The Labute approximate surface area is 93.9 Å². The van der Waals surface area contributed by atoms with Crippen molar-refractivity contribution in [1.29, 1.82) is 0 Å². The molecule has 0 unspecified atom stereocenters. The monoisotopic (exact) mass is 216 g/mol. The summed E-state index contributed by atoms with van der Waals surface area (Å²) >= 11 is 0. The van der Waals surface area contributed by atoms with Crippen molar-refractivity contribution in [2.75, 3.05) is 6.54 Å². The fourth-order valence-electron chi connectivity index (χ4n) is 1.69. The van der Waals surface area contributed by atoms with Crippen LogP contribution in [0.15, 0.2) is 42.7 Å². The van der Waals surface area contributed by atoms with Crippen LogP contribution in [-0.4, -0.2) is 11.5 Å². The van der Waals surface area contributed by atoms with E-state index in [-0.39, 0.29) is 5.82 Å². The van der Waals surface area contributed by atoms with Crippen LogP contribution >= 0.6 is 0 Å². The molecule has 1 aromatic heterocycles. The molecule has 2 rings (SSSR count). The summed E-state index contributed by atoms with van der Waals surface area (Å²) in [6.07, 6.45) is 4.32. The number of rotatable bonds is 3. The average Bonchev–Trinajstić information content (AvgIpc) is 2.32. The highest BCUT2D eigenvalue weighted by atomic mass is 19.1. The van der Waals surface area contributed by atoms with Crippen molar-refractivity contribution >= 4 is 0 Å². The first kappa shape index (κ1) is 10.8. The van der Waals surface area contributed by atoms with E-state index in [2.05, 4.69) is 4.98 Å². The van der Waals surface area contributed by atoms with Gasteiger partial charge in [0.2, 0.25) is 0 Å². The second-order valence-electron chi connectivity index (χ2n) is 3.58. The zero-order valence-corrected chi connectivity index (χ0v) is 8.86. The van der Waals surface area contributed by atoms with E-state index in [0.29, 0.717) is 6.54 Å². The lowest BCUT2D eigenvalue weighted by atomic mass is 10.00. The molecule has 0 radical (unpaired) electrons. The minimum absolute atomic E-state index is 0.224. The Bertz CT molecular complexity index is 466. The van der Waals surface area contributed by atoms with Crippen LogP contribution in [0.1, 0.15) is 5.56 Å². The molecule has 0 bridgehead atoms. The van der Waals surface area contributed by atoms with Crippen molar-refractivity contribution in [3.63, 3.8) is 0 Å². The van der Waals surface area contributed by atoms with E-state index in [0.717, 1.165) is 23.1 Å². The molecule has 16 heavy (non-hydrogen) atoms. The Hall–Kier alpha value is -1.74.